The molecule has 104 valence electrons. The summed E-state index contributed by atoms with van der Waals surface area (Å²) < 4.78 is 5.62. The first-order chi connectivity index (χ1) is 9.31. The van der Waals surface area contributed by atoms with Crippen LogP contribution in [0.5, 0.6) is 6.01 Å². The Labute approximate surface area is 113 Å². The van der Waals surface area contributed by atoms with Gasteiger partial charge in [-0.2, -0.15) is 15.0 Å². The highest BCUT2D eigenvalue weighted by Crippen LogP contribution is 2.29. The first-order valence-electron chi connectivity index (χ1n) is 7.20. The minimum Gasteiger partial charge on any atom is -0.463 e. The van der Waals surface area contributed by atoms with Gasteiger partial charge in [0.05, 0.1) is 6.61 Å². The van der Waals surface area contributed by atoms with Crippen LogP contribution in [-0.2, 0) is 0 Å². The zero-order valence-corrected chi connectivity index (χ0v) is 11.2. The van der Waals surface area contributed by atoms with Crippen LogP contribution >= 0.6 is 0 Å². The number of nitrogens with two attached hydrogens (primary N) is 1. The topological polar surface area (TPSA) is 77.2 Å². The van der Waals surface area contributed by atoms with E-state index in [0.717, 1.165) is 25.4 Å². The van der Waals surface area contributed by atoms with Crippen LogP contribution in [0.15, 0.2) is 0 Å². The summed E-state index contributed by atoms with van der Waals surface area (Å²) in [5.74, 6) is 1.73. The summed E-state index contributed by atoms with van der Waals surface area (Å²) in [6.45, 7) is 2.66. The molecule has 0 aromatic carbocycles. The van der Waals surface area contributed by atoms with Gasteiger partial charge in [0.1, 0.15) is 0 Å². The van der Waals surface area contributed by atoms with Crippen molar-refractivity contribution in [1.29, 1.82) is 0 Å². The first kappa shape index (κ1) is 12.4. The molecular formula is C13H21N5O. The molecule has 1 aliphatic carbocycles. The Hall–Kier alpha value is -1.59. The molecule has 3 rings (SSSR count). The summed E-state index contributed by atoms with van der Waals surface area (Å²) in [6, 6.07) is 0.369. The Morgan fingerprint density at radius 2 is 1.89 bits per heavy atom. The highest BCUT2D eigenvalue weighted by molar-refractivity contribution is 5.36. The van der Waals surface area contributed by atoms with Gasteiger partial charge < -0.3 is 15.4 Å². The number of nitrogens with zero attached hydrogens (tertiary/aromatic N) is 4. The van der Waals surface area contributed by atoms with E-state index in [2.05, 4.69) is 19.9 Å². The normalized spacial score (nSPS) is 19.5. The second kappa shape index (κ2) is 5.59. The van der Waals surface area contributed by atoms with Gasteiger partial charge in [-0.3, -0.25) is 0 Å². The highest BCUT2D eigenvalue weighted by Gasteiger charge is 2.19. The number of aromatic nitrogens is 3. The number of anilines is 2. The van der Waals surface area contributed by atoms with Crippen molar-refractivity contribution in [2.24, 2.45) is 5.92 Å². The fraction of sp³-hybridized carbons (Fsp3) is 0.769. The summed E-state index contributed by atoms with van der Waals surface area (Å²) in [5.41, 5.74) is 5.73. The van der Waals surface area contributed by atoms with Crippen molar-refractivity contribution < 1.29 is 4.74 Å². The summed E-state index contributed by atoms with van der Waals surface area (Å²) in [4.78, 5) is 14.7. The zero-order valence-electron chi connectivity index (χ0n) is 11.2. The molecule has 19 heavy (non-hydrogen) atoms. The lowest BCUT2D eigenvalue weighted by Crippen LogP contribution is -2.22. The summed E-state index contributed by atoms with van der Waals surface area (Å²) in [7, 11) is 0. The largest absolute Gasteiger partial charge is 0.463 e. The highest BCUT2D eigenvalue weighted by atomic mass is 16.5. The van der Waals surface area contributed by atoms with E-state index in [0.29, 0.717) is 18.6 Å². The van der Waals surface area contributed by atoms with Crippen LogP contribution in [0.2, 0.25) is 0 Å². The average molecular weight is 263 g/mol. The molecule has 2 aliphatic rings. The molecule has 1 saturated heterocycles. The molecule has 0 bridgehead atoms. The zero-order chi connectivity index (χ0) is 13.1. The quantitative estimate of drug-likeness (QED) is 0.870. The molecule has 2 heterocycles. The SMILES string of the molecule is Nc1nc(OCCC2CCC2)nc(N2CCCC2)n1. The van der Waals surface area contributed by atoms with Gasteiger partial charge in [0.25, 0.3) is 0 Å². The second-order valence-corrected chi connectivity index (χ2v) is 5.40. The molecule has 0 unspecified atom stereocenters. The Kier molecular flexibility index (Phi) is 3.66. The molecule has 2 fully saturated rings. The second-order valence-electron chi connectivity index (χ2n) is 5.40. The van der Waals surface area contributed by atoms with Gasteiger partial charge in [0, 0.05) is 13.1 Å². The Morgan fingerprint density at radius 1 is 1.11 bits per heavy atom. The van der Waals surface area contributed by atoms with E-state index in [9.17, 15) is 0 Å². The molecular weight excluding hydrogens is 242 g/mol. The number of ether oxygens (including phenoxy) is 1. The summed E-state index contributed by atoms with van der Waals surface area (Å²) >= 11 is 0. The fourth-order valence-corrected chi connectivity index (χ4v) is 2.58. The van der Waals surface area contributed by atoms with Crippen LogP contribution in [0.1, 0.15) is 38.5 Å². The van der Waals surface area contributed by atoms with Crippen LogP contribution in [-0.4, -0.2) is 34.6 Å². The van der Waals surface area contributed by atoms with Crippen molar-refractivity contribution in [2.75, 3.05) is 30.3 Å². The Balaban J connectivity index is 1.59. The van der Waals surface area contributed by atoms with Crippen molar-refractivity contribution in [3.05, 3.63) is 0 Å². The van der Waals surface area contributed by atoms with Gasteiger partial charge in [0.15, 0.2) is 0 Å². The van der Waals surface area contributed by atoms with Crippen LogP contribution in [0, 0.1) is 5.92 Å². The molecule has 6 heteroatoms. The van der Waals surface area contributed by atoms with Crippen molar-refractivity contribution in [3.63, 3.8) is 0 Å². The summed E-state index contributed by atoms with van der Waals surface area (Å²) in [5, 5.41) is 0. The van der Waals surface area contributed by atoms with Gasteiger partial charge in [0.2, 0.25) is 11.9 Å². The van der Waals surface area contributed by atoms with Gasteiger partial charge in [-0.1, -0.05) is 19.3 Å². The first-order valence-corrected chi connectivity index (χ1v) is 7.20. The average Bonchev–Trinajstić information content (AvgIpc) is 2.85. The smallest absolute Gasteiger partial charge is 0.323 e. The van der Waals surface area contributed by atoms with E-state index in [-0.39, 0.29) is 5.95 Å². The predicted octanol–water partition coefficient (Wildman–Crippen LogP) is 1.62. The lowest BCUT2D eigenvalue weighted by molar-refractivity contribution is 0.212. The van der Waals surface area contributed by atoms with Gasteiger partial charge in [-0.05, 0) is 25.2 Å². The summed E-state index contributed by atoms with van der Waals surface area (Å²) in [6.07, 6.45) is 7.49. The molecule has 0 atom stereocenters. The molecule has 0 radical (unpaired) electrons. The van der Waals surface area contributed by atoms with Gasteiger partial charge in [-0.15, -0.1) is 0 Å². The monoisotopic (exact) mass is 263 g/mol. The number of rotatable bonds is 5. The van der Waals surface area contributed by atoms with Crippen molar-refractivity contribution >= 4 is 11.9 Å². The van der Waals surface area contributed by atoms with Crippen LogP contribution in [0.4, 0.5) is 11.9 Å². The molecule has 2 N–H and O–H groups in total. The lowest BCUT2D eigenvalue weighted by Gasteiger charge is -2.24. The van der Waals surface area contributed by atoms with Crippen molar-refractivity contribution in [3.8, 4) is 6.01 Å². The fourth-order valence-electron chi connectivity index (χ4n) is 2.58. The third-order valence-electron chi connectivity index (χ3n) is 3.99. The van der Waals surface area contributed by atoms with Gasteiger partial charge >= 0.3 is 6.01 Å². The minimum absolute atomic E-state index is 0.246. The van der Waals surface area contributed by atoms with Crippen LogP contribution < -0.4 is 15.4 Å². The molecule has 1 aromatic heterocycles. The third kappa shape index (κ3) is 3.05. The predicted molar refractivity (Wildman–Crippen MR) is 73.1 cm³/mol. The maximum absolute atomic E-state index is 5.73. The van der Waals surface area contributed by atoms with Gasteiger partial charge in [-0.25, -0.2) is 0 Å². The molecule has 1 saturated carbocycles. The van der Waals surface area contributed by atoms with Crippen molar-refractivity contribution in [2.45, 2.75) is 38.5 Å². The molecule has 1 aromatic rings. The number of hydrogen-bond acceptors (Lipinski definition) is 6. The van der Waals surface area contributed by atoms with Crippen molar-refractivity contribution in [1.82, 2.24) is 15.0 Å². The van der Waals surface area contributed by atoms with E-state index in [4.69, 9.17) is 10.5 Å². The standard InChI is InChI=1S/C13H21N5O/c14-11-15-12(18-7-1-2-8-18)17-13(16-11)19-9-6-10-4-3-5-10/h10H,1-9H2,(H2,14,15,16,17). The Morgan fingerprint density at radius 3 is 2.58 bits per heavy atom. The number of nitrogen functional groups attached to an aromatic ring is 1. The molecule has 1 aliphatic heterocycles. The molecule has 6 nitrogen and oxygen atoms in total. The third-order valence-corrected chi connectivity index (χ3v) is 3.99. The van der Waals surface area contributed by atoms with E-state index >= 15 is 0 Å². The van der Waals surface area contributed by atoms with Crippen LogP contribution in [0.3, 0.4) is 0 Å². The number of hydrogen-bond donors (Lipinski definition) is 1. The maximum Gasteiger partial charge on any atom is 0.323 e. The van der Waals surface area contributed by atoms with E-state index in [1.165, 1.54) is 32.1 Å². The minimum atomic E-state index is 0.246. The lowest BCUT2D eigenvalue weighted by atomic mass is 9.83. The van der Waals surface area contributed by atoms with E-state index in [1.807, 2.05) is 0 Å². The maximum atomic E-state index is 5.73. The molecule has 0 spiro atoms. The van der Waals surface area contributed by atoms with Crippen LogP contribution in [0.25, 0.3) is 0 Å². The van der Waals surface area contributed by atoms with E-state index in [1.54, 1.807) is 0 Å². The Bertz CT molecular complexity index is 429. The molecule has 0 amide bonds. The van der Waals surface area contributed by atoms with E-state index < -0.39 is 0 Å².